The van der Waals surface area contributed by atoms with Gasteiger partial charge in [-0.3, -0.25) is 9.89 Å². The van der Waals surface area contributed by atoms with Gasteiger partial charge in [0.25, 0.3) is 0 Å². The van der Waals surface area contributed by atoms with Gasteiger partial charge >= 0.3 is 5.97 Å². The summed E-state index contributed by atoms with van der Waals surface area (Å²) < 4.78 is 0.976. The van der Waals surface area contributed by atoms with Crippen LogP contribution in [0.25, 0.3) is 10.9 Å². The number of benzene rings is 2. The zero-order valence-electron chi connectivity index (χ0n) is 11.6. The third kappa shape index (κ3) is 3.28. The number of nitrogens with zero attached hydrogens (tertiary/aromatic N) is 1. The number of carbonyl (C=O) groups is 1. The topological polar surface area (TPSA) is 78.0 Å². The second-order valence-corrected chi connectivity index (χ2v) is 5.94. The van der Waals surface area contributed by atoms with Crippen LogP contribution in [0.1, 0.15) is 11.1 Å². The molecule has 3 N–H and O–H groups in total. The molecule has 0 aliphatic rings. The molecule has 1 heterocycles. The molecule has 6 heteroatoms. The third-order valence-corrected chi connectivity index (χ3v) is 3.84. The van der Waals surface area contributed by atoms with Gasteiger partial charge < -0.3 is 10.4 Å². The van der Waals surface area contributed by atoms with E-state index in [9.17, 15) is 4.79 Å². The average Bonchev–Trinajstić information content (AvgIpc) is 2.93. The lowest BCUT2D eigenvalue weighted by Crippen LogP contribution is -2.02. The Bertz CT molecular complexity index is 812. The van der Waals surface area contributed by atoms with Gasteiger partial charge in [0.15, 0.2) is 0 Å². The maximum atomic E-state index is 10.7. The van der Waals surface area contributed by atoms with Crippen molar-refractivity contribution in [3.63, 3.8) is 0 Å². The van der Waals surface area contributed by atoms with E-state index in [1.165, 1.54) is 0 Å². The molecule has 1 aromatic heterocycles. The molecular weight excluding hydrogens is 346 g/mol. The predicted octanol–water partition coefficient (Wildman–Crippen LogP) is 3.56. The Hall–Kier alpha value is -2.34. The molecule has 3 rings (SSSR count). The zero-order chi connectivity index (χ0) is 15.5. The van der Waals surface area contributed by atoms with Crippen LogP contribution in [0, 0.1) is 0 Å². The summed E-state index contributed by atoms with van der Waals surface area (Å²) in [5, 5.41) is 20.2. The van der Waals surface area contributed by atoms with Crippen molar-refractivity contribution in [2.75, 3.05) is 5.32 Å². The van der Waals surface area contributed by atoms with E-state index in [1.54, 1.807) is 6.20 Å². The first-order chi connectivity index (χ1) is 10.6. The molecule has 0 saturated heterocycles. The fourth-order valence-corrected chi connectivity index (χ4v) is 2.77. The Balaban J connectivity index is 1.73. The largest absolute Gasteiger partial charge is 0.481 e. The number of hydrogen-bond donors (Lipinski definition) is 3. The van der Waals surface area contributed by atoms with E-state index in [4.69, 9.17) is 5.11 Å². The molecule has 112 valence electrons. The number of halogens is 1. The van der Waals surface area contributed by atoms with E-state index >= 15 is 0 Å². The molecule has 0 atom stereocenters. The van der Waals surface area contributed by atoms with Crippen LogP contribution >= 0.6 is 15.9 Å². The summed E-state index contributed by atoms with van der Waals surface area (Å²) >= 11 is 3.48. The summed E-state index contributed by atoms with van der Waals surface area (Å²) in [6.45, 7) is 0.657. The van der Waals surface area contributed by atoms with E-state index in [1.807, 2.05) is 36.4 Å². The summed E-state index contributed by atoms with van der Waals surface area (Å²) in [4.78, 5) is 10.7. The summed E-state index contributed by atoms with van der Waals surface area (Å²) in [5.74, 6) is -0.817. The number of nitrogens with one attached hydrogen (secondary N) is 2. The lowest BCUT2D eigenvalue weighted by molar-refractivity contribution is -0.136. The van der Waals surface area contributed by atoms with Crippen molar-refractivity contribution >= 4 is 38.5 Å². The van der Waals surface area contributed by atoms with Gasteiger partial charge in [-0.2, -0.15) is 5.10 Å². The summed E-state index contributed by atoms with van der Waals surface area (Å²) in [7, 11) is 0. The van der Waals surface area contributed by atoms with Gasteiger partial charge in [0.1, 0.15) is 0 Å². The van der Waals surface area contributed by atoms with Crippen LogP contribution in [-0.2, 0) is 17.8 Å². The molecule has 3 aromatic rings. The Morgan fingerprint density at radius 1 is 1.23 bits per heavy atom. The molecule has 0 radical (unpaired) electrons. The highest BCUT2D eigenvalue weighted by Crippen LogP contribution is 2.27. The first-order valence-corrected chi connectivity index (χ1v) is 7.57. The quantitative estimate of drug-likeness (QED) is 0.650. The number of aliphatic carboxylic acids is 1. The van der Waals surface area contributed by atoms with E-state index in [2.05, 4.69) is 31.4 Å². The number of rotatable bonds is 5. The van der Waals surface area contributed by atoms with Crippen LogP contribution in [0.3, 0.4) is 0 Å². The van der Waals surface area contributed by atoms with Gasteiger partial charge in [-0.1, -0.05) is 40.2 Å². The molecule has 0 fully saturated rings. The highest BCUT2D eigenvalue weighted by atomic mass is 79.9. The molecule has 0 unspecified atom stereocenters. The molecule has 2 aromatic carbocycles. The van der Waals surface area contributed by atoms with Crippen molar-refractivity contribution in [2.45, 2.75) is 13.0 Å². The minimum Gasteiger partial charge on any atom is -0.481 e. The SMILES string of the molecule is O=C(O)Cc1ccc(CNc2cc(Br)cc3[nH]ncc23)cc1. The maximum absolute atomic E-state index is 10.7. The normalized spacial score (nSPS) is 10.8. The second-order valence-electron chi connectivity index (χ2n) is 5.03. The molecule has 0 amide bonds. The lowest BCUT2D eigenvalue weighted by atomic mass is 10.1. The van der Waals surface area contributed by atoms with Gasteiger partial charge in [-0.25, -0.2) is 0 Å². The number of anilines is 1. The molecule has 0 aliphatic carbocycles. The van der Waals surface area contributed by atoms with Crippen molar-refractivity contribution < 1.29 is 9.90 Å². The number of carboxylic acid groups (broad SMARTS) is 1. The molecule has 0 bridgehead atoms. The van der Waals surface area contributed by atoms with Crippen molar-refractivity contribution in [3.8, 4) is 0 Å². The monoisotopic (exact) mass is 359 g/mol. The Morgan fingerprint density at radius 3 is 2.68 bits per heavy atom. The zero-order valence-corrected chi connectivity index (χ0v) is 13.2. The molecule has 0 aliphatic heterocycles. The van der Waals surface area contributed by atoms with Crippen molar-refractivity contribution in [2.24, 2.45) is 0 Å². The van der Waals surface area contributed by atoms with E-state index in [0.29, 0.717) is 6.54 Å². The van der Waals surface area contributed by atoms with Crippen molar-refractivity contribution in [1.82, 2.24) is 10.2 Å². The van der Waals surface area contributed by atoms with Crippen LogP contribution in [-0.4, -0.2) is 21.3 Å². The Labute approximate surface area is 135 Å². The average molecular weight is 360 g/mol. The standard InChI is InChI=1S/C16H14BrN3O2/c17-12-6-14(13-9-19-20-15(13)7-12)18-8-11-3-1-10(2-4-11)5-16(21)22/h1-4,6-7,9,18H,5,8H2,(H,19,20)(H,21,22). The van der Waals surface area contributed by atoms with E-state index in [-0.39, 0.29) is 6.42 Å². The first kappa shape index (κ1) is 14.6. The molecule has 5 nitrogen and oxygen atoms in total. The number of aromatic amines is 1. The van der Waals surface area contributed by atoms with Crippen molar-refractivity contribution in [1.29, 1.82) is 0 Å². The number of H-pyrrole nitrogens is 1. The minimum absolute atomic E-state index is 0.0506. The summed E-state index contributed by atoms with van der Waals surface area (Å²) in [6, 6.07) is 11.6. The molecular formula is C16H14BrN3O2. The Morgan fingerprint density at radius 2 is 1.95 bits per heavy atom. The second kappa shape index (κ2) is 6.19. The van der Waals surface area contributed by atoms with Crippen LogP contribution in [0.2, 0.25) is 0 Å². The van der Waals surface area contributed by atoms with Gasteiger partial charge in [-0.15, -0.1) is 0 Å². The van der Waals surface area contributed by atoms with E-state index in [0.717, 1.165) is 32.2 Å². The fraction of sp³-hybridized carbons (Fsp3) is 0.125. The maximum Gasteiger partial charge on any atom is 0.307 e. The summed E-state index contributed by atoms with van der Waals surface area (Å²) in [5.41, 5.74) is 3.85. The van der Waals surface area contributed by atoms with E-state index < -0.39 is 5.97 Å². The third-order valence-electron chi connectivity index (χ3n) is 3.38. The highest BCUT2D eigenvalue weighted by Gasteiger charge is 2.05. The lowest BCUT2D eigenvalue weighted by Gasteiger charge is -2.09. The van der Waals surface area contributed by atoms with Crippen LogP contribution in [0.5, 0.6) is 0 Å². The smallest absolute Gasteiger partial charge is 0.307 e. The number of carboxylic acids is 1. The molecule has 22 heavy (non-hydrogen) atoms. The van der Waals surface area contributed by atoms with Crippen LogP contribution in [0.15, 0.2) is 47.1 Å². The number of fused-ring (bicyclic) bond motifs is 1. The van der Waals surface area contributed by atoms with Crippen LogP contribution < -0.4 is 5.32 Å². The van der Waals surface area contributed by atoms with Gasteiger partial charge in [0.2, 0.25) is 0 Å². The van der Waals surface area contributed by atoms with Gasteiger partial charge in [0.05, 0.1) is 18.1 Å². The first-order valence-electron chi connectivity index (χ1n) is 6.78. The van der Waals surface area contributed by atoms with Gasteiger partial charge in [-0.05, 0) is 23.3 Å². The summed E-state index contributed by atoms with van der Waals surface area (Å²) in [6.07, 6.45) is 1.84. The number of hydrogen-bond acceptors (Lipinski definition) is 3. The minimum atomic E-state index is -0.817. The van der Waals surface area contributed by atoms with Gasteiger partial charge in [0, 0.05) is 22.1 Å². The predicted molar refractivity (Wildman–Crippen MR) is 88.9 cm³/mol. The highest BCUT2D eigenvalue weighted by molar-refractivity contribution is 9.10. The molecule has 0 saturated carbocycles. The number of aromatic nitrogens is 2. The molecule has 0 spiro atoms. The fourth-order valence-electron chi connectivity index (χ4n) is 2.31. The van der Waals surface area contributed by atoms with Crippen LogP contribution in [0.4, 0.5) is 5.69 Å². The Kier molecular flexibility index (Phi) is 4.11. The van der Waals surface area contributed by atoms with Crippen molar-refractivity contribution in [3.05, 3.63) is 58.2 Å².